The summed E-state index contributed by atoms with van der Waals surface area (Å²) in [7, 11) is 3.00. The molecule has 4 aliphatic carbocycles. The van der Waals surface area contributed by atoms with E-state index in [9.17, 15) is 14.4 Å². The van der Waals surface area contributed by atoms with E-state index < -0.39 is 18.6 Å². The first-order valence-corrected chi connectivity index (χ1v) is 11.1. The lowest BCUT2D eigenvalue weighted by atomic mass is 9.49. The number of carbonyl (C=O) groups is 3. The fourth-order valence-corrected chi connectivity index (χ4v) is 6.15. The van der Waals surface area contributed by atoms with E-state index in [2.05, 4.69) is 5.32 Å². The molecule has 0 aliphatic heterocycles. The Balaban J connectivity index is 1.31. The second-order valence-electron chi connectivity index (χ2n) is 9.49. The van der Waals surface area contributed by atoms with Crippen LogP contribution < -0.4 is 14.8 Å². The largest absolute Gasteiger partial charge is 0.493 e. The van der Waals surface area contributed by atoms with Crippen LogP contribution in [0, 0.1) is 23.2 Å². The Kier molecular flexibility index (Phi) is 5.95. The number of carbonyl (C=O) groups excluding carboxylic acids is 3. The van der Waals surface area contributed by atoms with Crippen molar-refractivity contribution in [2.24, 2.45) is 23.2 Å². The summed E-state index contributed by atoms with van der Waals surface area (Å²) in [5.74, 6) is 1.91. The molecule has 4 saturated carbocycles. The molecule has 0 radical (unpaired) electrons. The highest BCUT2D eigenvalue weighted by Crippen LogP contribution is 2.60. The predicted molar refractivity (Wildman–Crippen MR) is 113 cm³/mol. The van der Waals surface area contributed by atoms with Gasteiger partial charge in [0.05, 0.1) is 14.2 Å². The minimum Gasteiger partial charge on any atom is -0.493 e. The molecular weight excluding hydrogens is 398 g/mol. The monoisotopic (exact) mass is 429 g/mol. The van der Waals surface area contributed by atoms with Crippen LogP contribution in [0.4, 0.5) is 0 Å². The van der Waals surface area contributed by atoms with Gasteiger partial charge in [-0.05, 0) is 81.4 Å². The lowest BCUT2D eigenvalue weighted by molar-refractivity contribution is -0.153. The molecule has 1 atom stereocenters. The Morgan fingerprint density at radius 2 is 1.58 bits per heavy atom. The molecule has 1 aromatic rings. The van der Waals surface area contributed by atoms with E-state index in [1.54, 1.807) is 25.1 Å². The molecule has 7 nitrogen and oxygen atoms in total. The number of ketones is 1. The molecule has 4 bridgehead atoms. The normalized spacial score (nSPS) is 29.2. The lowest BCUT2D eigenvalue weighted by Gasteiger charge is -2.55. The van der Waals surface area contributed by atoms with Gasteiger partial charge in [0.15, 0.2) is 23.9 Å². The van der Waals surface area contributed by atoms with Crippen LogP contribution in [-0.2, 0) is 14.3 Å². The van der Waals surface area contributed by atoms with Crippen molar-refractivity contribution in [3.63, 3.8) is 0 Å². The number of amides is 1. The van der Waals surface area contributed by atoms with Crippen LogP contribution in [0.15, 0.2) is 18.2 Å². The molecule has 0 saturated heterocycles. The number of esters is 1. The highest BCUT2D eigenvalue weighted by molar-refractivity contribution is 5.99. The smallest absolute Gasteiger partial charge is 0.328 e. The maximum absolute atomic E-state index is 13.1. The summed E-state index contributed by atoms with van der Waals surface area (Å²) in [6, 6.07) is 3.98. The third kappa shape index (κ3) is 4.27. The van der Waals surface area contributed by atoms with E-state index in [-0.39, 0.29) is 17.1 Å². The molecule has 1 amide bonds. The molecule has 168 valence electrons. The number of benzene rings is 1. The Labute approximate surface area is 182 Å². The van der Waals surface area contributed by atoms with E-state index in [1.807, 2.05) is 0 Å². The van der Waals surface area contributed by atoms with Gasteiger partial charge in [0.2, 0.25) is 5.91 Å². The van der Waals surface area contributed by atoms with E-state index in [0.29, 0.717) is 34.8 Å². The standard InChI is InChI=1S/C24H31NO6/c1-14(25-23(28)24-10-15-6-16(11-24)8-17(7-15)12-24)22(27)31-13-19(26)18-4-5-20(29-2)21(9-18)30-3/h4-5,9,14-17H,6-8,10-13H2,1-3H3,(H,25,28)/t14-,15?,16?,17?,24?/m0/s1. The topological polar surface area (TPSA) is 90.9 Å². The summed E-state index contributed by atoms with van der Waals surface area (Å²) in [5, 5.41) is 2.87. The summed E-state index contributed by atoms with van der Waals surface area (Å²) < 4.78 is 15.6. The zero-order valence-corrected chi connectivity index (χ0v) is 18.4. The molecular formula is C24H31NO6. The van der Waals surface area contributed by atoms with Crippen LogP contribution in [0.2, 0.25) is 0 Å². The molecule has 0 heterocycles. The van der Waals surface area contributed by atoms with Crippen LogP contribution in [0.5, 0.6) is 11.5 Å². The minimum absolute atomic E-state index is 0.0257. The van der Waals surface area contributed by atoms with Gasteiger partial charge in [-0.25, -0.2) is 4.79 Å². The molecule has 4 aliphatic rings. The average Bonchev–Trinajstić information content (AvgIpc) is 2.75. The molecule has 0 spiro atoms. The molecule has 1 N–H and O–H groups in total. The van der Waals surface area contributed by atoms with E-state index >= 15 is 0 Å². The molecule has 0 aromatic heterocycles. The Bertz CT molecular complexity index is 844. The van der Waals surface area contributed by atoms with Gasteiger partial charge in [-0.2, -0.15) is 0 Å². The summed E-state index contributed by atoms with van der Waals surface area (Å²) >= 11 is 0. The van der Waals surface area contributed by atoms with Crippen molar-refractivity contribution in [3.8, 4) is 11.5 Å². The average molecular weight is 430 g/mol. The highest BCUT2D eigenvalue weighted by atomic mass is 16.5. The minimum atomic E-state index is -0.793. The fourth-order valence-electron chi connectivity index (χ4n) is 6.15. The zero-order chi connectivity index (χ0) is 22.2. The quantitative estimate of drug-likeness (QED) is 0.504. The first-order chi connectivity index (χ1) is 14.8. The number of hydrogen-bond donors (Lipinski definition) is 1. The number of rotatable bonds is 8. The number of hydrogen-bond acceptors (Lipinski definition) is 6. The highest BCUT2D eigenvalue weighted by Gasteiger charge is 2.54. The third-order valence-corrected chi connectivity index (χ3v) is 7.27. The Hall–Kier alpha value is -2.57. The van der Waals surface area contributed by atoms with Gasteiger partial charge in [0.25, 0.3) is 0 Å². The number of nitrogens with one attached hydrogen (secondary N) is 1. The van der Waals surface area contributed by atoms with Gasteiger partial charge in [-0.3, -0.25) is 9.59 Å². The van der Waals surface area contributed by atoms with Gasteiger partial charge < -0.3 is 19.5 Å². The number of Topliss-reactive ketones (excluding diaryl/α,β-unsaturated/α-hetero) is 1. The van der Waals surface area contributed by atoms with Crippen LogP contribution in [-0.4, -0.2) is 44.5 Å². The lowest BCUT2D eigenvalue weighted by Crippen LogP contribution is -2.56. The van der Waals surface area contributed by atoms with Crippen molar-refractivity contribution in [2.75, 3.05) is 20.8 Å². The van der Waals surface area contributed by atoms with Crippen molar-refractivity contribution in [3.05, 3.63) is 23.8 Å². The third-order valence-electron chi connectivity index (χ3n) is 7.27. The second kappa shape index (κ2) is 8.52. The van der Waals surface area contributed by atoms with Gasteiger partial charge in [0.1, 0.15) is 6.04 Å². The Morgan fingerprint density at radius 1 is 1.00 bits per heavy atom. The fraction of sp³-hybridized carbons (Fsp3) is 0.625. The Morgan fingerprint density at radius 3 is 2.13 bits per heavy atom. The van der Waals surface area contributed by atoms with E-state index in [4.69, 9.17) is 14.2 Å². The van der Waals surface area contributed by atoms with Crippen LogP contribution >= 0.6 is 0 Å². The predicted octanol–water partition coefficient (Wildman–Crippen LogP) is 3.15. The molecule has 1 aromatic carbocycles. The van der Waals surface area contributed by atoms with Crippen molar-refractivity contribution in [1.82, 2.24) is 5.32 Å². The first kappa shape index (κ1) is 21.7. The number of ether oxygens (including phenoxy) is 3. The maximum atomic E-state index is 13.1. The van der Waals surface area contributed by atoms with Crippen LogP contribution in [0.3, 0.4) is 0 Å². The maximum Gasteiger partial charge on any atom is 0.328 e. The van der Waals surface area contributed by atoms with E-state index in [1.165, 1.54) is 33.5 Å². The zero-order valence-electron chi connectivity index (χ0n) is 18.4. The van der Waals surface area contributed by atoms with Gasteiger partial charge >= 0.3 is 5.97 Å². The summed E-state index contributed by atoms with van der Waals surface area (Å²) in [4.78, 5) is 38.0. The SMILES string of the molecule is COc1ccc(C(=O)COC(=O)[C@H](C)NC(=O)C23CC4CC(CC(C4)C2)C3)cc1OC. The van der Waals surface area contributed by atoms with Gasteiger partial charge in [-0.15, -0.1) is 0 Å². The van der Waals surface area contributed by atoms with Crippen LogP contribution in [0.1, 0.15) is 55.8 Å². The molecule has 5 rings (SSSR count). The molecule has 4 fully saturated rings. The summed E-state index contributed by atoms with van der Waals surface area (Å²) in [6.07, 6.45) is 6.56. The van der Waals surface area contributed by atoms with Crippen LogP contribution in [0.25, 0.3) is 0 Å². The van der Waals surface area contributed by atoms with E-state index in [0.717, 1.165) is 19.3 Å². The van der Waals surface area contributed by atoms with Gasteiger partial charge in [0, 0.05) is 11.0 Å². The summed E-state index contributed by atoms with van der Waals surface area (Å²) in [5.41, 5.74) is 0.0365. The van der Waals surface area contributed by atoms with Gasteiger partial charge in [-0.1, -0.05) is 0 Å². The summed E-state index contributed by atoms with van der Waals surface area (Å²) in [6.45, 7) is 1.22. The van der Waals surface area contributed by atoms with Crippen molar-refractivity contribution in [2.45, 2.75) is 51.5 Å². The number of methoxy groups -OCH3 is 2. The van der Waals surface area contributed by atoms with Crippen molar-refractivity contribution >= 4 is 17.7 Å². The second-order valence-corrected chi connectivity index (χ2v) is 9.49. The molecule has 0 unspecified atom stereocenters. The first-order valence-electron chi connectivity index (χ1n) is 11.1. The van der Waals surface area contributed by atoms with Crippen molar-refractivity contribution < 1.29 is 28.6 Å². The molecule has 7 heteroatoms. The molecule has 31 heavy (non-hydrogen) atoms. The van der Waals surface area contributed by atoms with Crippen molar-refractivity contribution in [1.29, 1.82) is 0 Å².